The zero-order valence-electron chi connectivity index (χ0n) is 12.5. The van der Waals surface area contributed by atoms with Crippen LogP contribution in [-0.2, 0) is 24.3 Å². The molecule has 110 valence electrons. The lowest BCUT2D eigenvalue weighted by atomic mass is 10.1. The van der Waals surface area contributed by atoms with E-state index in [2.05, 4.69) is 43.1 Å². The van der Waals surface area contributed by atoms with Gasteiger partial charge in [-0.3, -0.25) is 9.69 Å². The van der Waals surface area contributed by atoms with Crippen molar-refractivity contribution in [3.8, 4) is 0 Å². The van der Waals surface area contributed by atoms with Crippen molar-refractivity contribution in [2.24, 2.45) is 0 Å². The Morgan fingerprint density at radius 2 is 1.33 bits per heavy atom. The van der Waals surface area contributed by atoms with Gasteiger partial charge in [0.15, 0.2) is 0 Å². The molecule has 21 heavy (non-hydrogen) atoms. The fraction of sp³-hybridized carbons (Fsp3) is 0.278. The first kappa shape index (κ1) is 15.3. The summed E-state index contributed by atoms with van der Waals surface area (Å²) in [6.45, 7) is 3.84. The van der Waals surface area contributed by atoms with Gasteiger partial charge in [-0.25, -0.2) is 0 Å². The van der Waals surface area contributed by atoms with Crippen LogP contribution in [-0.4, -0.2) is 23.0 Å². The molecule has 0 heterocycles. The number of carboxylic acids is 1. The summed E-state index contributed by atoms with van der Waals surface area (Å²) in [5, 5.41) is 8.76. The lowest BCUT2D eigenvalue weighted by molar-refractivity contribution is -0.136. The Morgan fingerprint density at radius 3 is 1.81 bits per heavy atom. The summed E-state index contributed by atoms with van der Waals surface area (Å²) in [5.74, 6) is -0.792. The number of carboxylic acid groups (broad SMARTS) is 1. The number of aryl methyl sites for hydroxylation is 1. The molecule has 0 unspecified atom stereocenters. The minimum Gasteiger partial charge on any atom is -0.481 e. The summed E-state index contributed by atoms with van der Waals surface area (Å²) in [6.07, 6.45) is 0.0828. The highest BCUT2D eigenvalue weighted by Crippen LogP contribution is 2.11. The maximum Gasteiger partial charge on any atom is 0.307 e. The van der Waals surface area contributed by atoms with Gasteiger partial charge in [0, 0.05) is 13.1 Å². The minimum absolute atomic E-state index is 0.0828. The molecule has 0 spiro atoms. The van der Waals surface area contributed by atoms with Gasteiger partial charge in [0.25, 0.3) is 0 Å². The molecule has 0 fully saturated rings. The molecule has 0 aliphatic carbocycles. The summed E-state index contributed by atoms with van der Waals surface area (Å²) < 4.78 is 0. The van der Waals surface area contributed by atoms with Gasteiger partial charge in [-0.2, -0.15) is 0 Å². The number of carbonyl (C=O) groups is 1. The van der Waals surface area contributed by atoms with Crippen LogP contribution in [0, 0.1) is 6.92 Å². The molecular weight excluding hydrogens is 262 g/mol. The first-order chi connectivity index (χ1) is 10.0. The van der Waals surface area contributed by atoms with E-state index in [0.717, 1.165) is 18.7 Å². The van der Waals surface area contributed by atoms with Crippen molar-refractivity contribution < 1.29 is 9.90 Å². The summed E-state index contributed by atoms with van der Waals surface area (Å²) in [7, 11) is 2.09. The molecule has 3 heteroatoms. The van der Waals surface area contributed by atoms with E-state index in [1.165, 1.54) is 16.7 Å². The maximum atomic E-state index is 10.7. The van der Waals surface area contributed by atoms with Crippen LogP contribution >= 0.6 is 0 Å². The highest BCUT2D eigenvalue weighted by molar-refractivity contribution is 5.70. The SMILES string of the molecule is Cc1ccc(CN(C)Cc2ccc(CC(=O)O)cc2)cc1. The van der Waals surface area contributed by atoms with Crippen molar-refractivity contribution >= 4 is 5.97 Å². The number of hydrogen-bond acceptors (Lipinski definition) is 2. The molecule has 2 aromatic carbocycles. The molecule has 2 rings (SSSR count). The van der Waals surface area contributed by atoms with Crippen LogP contribution in [0.15, 0.2) is 48.5 Å². The average Bonchev–Trinajstić information content (AvgIpc) is 2.43. The van der Waals surface area contributed by atoms with Gasteiger partial charge >= 0.3 is 5.97 Å². The third-order valence-electron chi connectivity index (χ3n) is 3.40. The Bertz CT molecular complexity index is 588. The van der Waals surface area contributed by atoms with E-state index in [1.807, 2.05) is 24.3 Å². The third kappa shape index (κ3) is 5.04. The molecule has 0 aliphatic heterocycles. The van der Waals surface area contributed by atoms with E-state index in [9.17, 15) is 4.79 Å². The van der Waals surface area contributed by atoms with Gasteiger partial charge in [-0.15, -0.1) is 0 Å². The fourth-order valence-corrected chi connectivity index (χ4v) is 2.31. The third-order valence-corrected chi connectivity index (χ3v) is 3.40. The average molecular weight is 283 g/mol. The van der Waals surface area contributed by atoms with Crippen LogP contribution in [0.5, 0.6) is 0 Å². The first-order valence-corrected chi connectivity index (χ1v) is 7.06. The van der Waals surface area contributed by atoms with Crippen molar-refractivity contribution in [2.45, 2.75) is 26.4 Å². The van der Waals surface area contributed by atoms with Crippen LogP contribution < -0.4 is 0 Å². The quantitative estimate of drug-likeness (QED) is 0.884. The molecule has 0 saturated heterocycles. The molecule has 0 aliphatic rings. The topological polar surface area (TPSA) is 40.5 Å². The molecule has 0 atom stereocenters. The Hall–Kier alpha value is -2.13. The van der Waals surface area contributed by atoms with Crippen LogP contribution in [0.4, 0.5) is 0 Å². The van der Waals surface area contributed by atoms with Gasteiger partial charge in [0.2, 0.25) is 0 Å². The molecule has 0 saturated carbocycles. The largest absolute Gasteiger partial charge is 0.481 e. The summed E-state index contributed by atoms with van der Waals surface area (Å²) in [6, 6.07) is 16.4. The molecule has 1 N–H and O–H groups in total. The molecule has 0 amide bonds. The second-order valence-electron chi connectivity index (χ2n) is 5.54. The van der Waals surface area contributed by atoms with Gasteiger partial charge in [-0.05, 0) is 30.7 Å². The summed E-state index contributed by atoms with van der Waals surface area (Å²) in [5.41, 5.74) is 4.60. The number of aliphatic carboxylic acids is 1. The first-order valence-electron chi connectivity index (χ1n) is 7.06. The highest BCUT2D eigenvalue weighted by atomic mass is 16.4. The number of hydrogen-bond donors (Lipinski definition) is 1. The van der Waals surface area contributed by atoms with Gasteiger partial charge in [-0.1, -0.05) is 54.1 Å². The van der Waals surface area contributed by atoms with Crippen LogP contribution in [0.2, 0.25) is 0 Å². The van der Waals surface area contributed by atoms with Crippen molar-refractivity contribution in [1.29, 1.82) is 0 Å². The maximum absolute atomic E-state index is 10.7. The van der Waals surface area contributed by atoms with Crippen molar-refractivity contribution in [2.75, 3.05) is 7.05 Å². The van der Waals surface area contributed by atoms with Crippen molar-refractivity contribution in [3.63, 3.8) is 0 Å². The van der Waals surface area contributed by atoms with Crippen LogP contribution in [0.1, 0.15) is 22.3 Å². The molecular formula is C18H21NO2. The molecule has 0 aromatic heterocycles. The Balaban J connectivity index is 1.91. The molecule has 2 aromatic rings. The zero-order valence-corrected chi connectivity index (χ0v) is 12.5. The number of rotatable bonds is 6. The van der Waals surface area contributed by atoms with E-state index in [0.29, 0.717) is 0 Å². The van der Waals surface area contributed by atoms with Gasteiger partial charge in [0.1, 0.15) is 0 Å². The minimum atomic E-state index is -0.792. The molecule has 0 radical (unpaired) electrons. The fourth-order valence-electron chi connectivity index (χ4n) is 2.31. The van der Waals surface area contributed by atoms with E-state index >= 15 is 0 Å². The van der Waals surface area contributed by atoms with E-state index in [1.54, 1.807) is 0 Å². The Labute approximate surface area is 125 Å². The number of benzene rings is 2. The smallest absolute Gasteiger partial charge is 0.307 e. The predicted molar refractivity (Wildman–Crippen MR) is 84.1 cm³/mol. The lowest BCUT2D eigenvalue weighted by Crippen LogP contribution is -2.17. The van der Waals surface area contributed by atoms with Gasteiger partial charge < -0.3 is 5.11 Å². The second kappa shape index (κ2) is 7.04. The summed E-state index contributed by atoms with van der Waals surface area (Å²) in [4.78, 5) is 12.9. The standard InChI is InChI=1S/C18H21NO2/c1-14-3-5-16(6-4-14)12-19(2)13-17-9-7-15(8-10-17)11-18(20)21/h3-10H,11-13H2,1-2H3,(H,20,21). The summed E-state index contributed by atoms with van der Waals surface area (Å²) >= 11 is 0. The molecule has 3 nitrogen and oxygen atoms in total. The zero-order chi connectivity index (χ0) is 15.2. The Morgan fingerprint density at radius 1 is 0.905 bits per heavy atom. The Kier molecular flexibility index (Phi) is 5.12. The van der Waals surface area contributed by atoms with E-state index in [-0.39, 0.29) is 6.42 Å². The van der Waals surface area contributed by atoms with Crippen LogP contribution in [0.3, 0.4) is 0 Å². The highest BCUT2D eigenvalue weighted by Gasteiger charge is 2.04. The second-order valence-corrected chi connectivity index (χ2v) is 5.54. The van der Waals surface area contributed by atoms with E-state index in [4.69, 9.17) is 5.11 Å². The number of nitrogens with zero attached hydrogens (tertiary/aromatic N) is 1. The van der Waals surface area contributed by atoms with E-state index < -0.39 is 5.97 Å². The molecule has 0 bridgehead atoms. The lowest BCUT2D eigenvalue weighted by Gasteiger charge is -2.17. The normalized spacial score (nSPS) is 10.8. The van der Waals surface area contributed by atoms with Crippen molar-refractivity contribution in [3.05, 3.63) is 70.8 Å². The van der Waals surface area contributed by atoms with Crippen LogP contribution in [0.25, 0.3) is 0 Å². The predicted octanol–water partition coefficient (Wildman–Crippen LogP) is 3.25. The van der Waals surface area contributed by atoms with Crippen molar-refractivity contribution in [1.82, 2.24) is 4.90 Å². The van der Waals surface area contributed by atoms with Gasteiger partial charge in [0.05, 0.1) is 6.42 Å². The monoisotopic (exact) mass is 283 g/mol.